The van der Waals surface area contributed by atoms with Gasteiger partial charge in [0.2, 0.25) is 0 Å². The number of rotatable bonds is 5. The lowest BCUT2D eigenvalue weighted by atomic mass is 10.0. The van der Waals surface area contributed by atoms with Crippen LogP contribution in [-0.2, 0) is 33.2 Å². The molecule has 2 fully saturated rings. The molecule has 1 unspecified atom stereocenters. The molecule has 9 heteroatoms. The number of alkyl carbamates (subject to hydrolysis) is 1. The minimum atomic E-state index is -0.798. The first kappa shape index (κ1) is 20.9. The molecule has 2 aliphatic heterocycles. The third-order valence-electron chi connectivity index (χ3n) is 4.01. The standard InChI is InChI=1S/C17H29NO8/c1-16(2,3)26-15(20)18-9(8-10(19)21-6)11-12(22-7)13-14(23-11)25-17(4,5)24-13/h9,11-14H,8H2,1-7H3,(H,18,20)/t9?,11-,12-,13+,14+/m0/s1. The van der Waals surface area contributed by atoms with Crippen LogP contribution in [0.15, 0.2) is 0 Å². The van der Waals surface area contributed by atoms with Gasteiger partial charge in [-0.05, 0) is 34.6 Å². The van der Waals surface area contributed by atoms with Gasteiger partial charge in [0.05, 0.1) is 19.6 Å². The van der Waals surface area contributed by atoms with Gasteiger partial charge in [-0.3, -0.25) is 4.79 Å². The van der Waals surface area contributed by atoms with Gasteiger partial charge in [-0.2, -0.15) is 0 Å². The zero-order chi connectivity index (χ0) is 19.7. The SMILES string of the molecule is COC(=O)CC(NC(=O)OC(C)(C)C)[C@@H]1O[C@@H]2OC(C)(C)O[C@@H]2[C@H]1OC. The van der Waals surface area contributed by atoms with E-state index in [1.54, 1.807) is 34.6 Å². The van der Waals surface area contributed by atoms with Gasteiger partial charge in [0.25, 0.3) is 0 Å². The van der Waals surface area contributed by atoms with Crippen LogP contribution in [0.5, 0.6) is 0 Å². The van der Waals surface area contributed by atoms with Crippen molar-refractivity contribution in [3.8, 4) is 0 Å². The van der Waals surface area contributed by atoms with E-state index in [4.69, 9.17) is 28.4 Å². The molecule has 0 aromatic rings. The summed E-state index contributed by atoms with van der Waals surface area (Å²) < 4.78 is 33.0. The smallest absolute Gasteiger partial charge is 0.407 e. The summed E-state index contributed by atoms with van der Waals surface area (Å²) >= 11 is 0. The van der Waals surface area contributed by atoms with Crippen LogP contribution >= 0.6 is 0 Å². The highest BCUT2D eigenvalue weighted by Gasteiger charge is 2.57. The predicted molar refractivity (Wildman–Crippen MR) is 89.3 cm³/mol. The molecule has 26 heavy (non-hydrogen) atoms. The Morgan fingerprint density at radius 3 is 2.38 bits per heavy atom. The molecule has 0 aromatic heterocycles. The second-order valence-electron chi connectivity index (χ2n) is 7.80. The summed E-state index contributed by atoms with van der Waals surface area (Å²) in [7, 11) is 2.79. The highest BCUT2D eigenvalue weighted by molar-refractivity contribution is 5.73. The fourth-order valence-electron chi connectivity index (χ4n) is 3.07. The lowest BCUT2D eigenvalue weighted by Gasteiger charge is -2.31. The molecular formula is C17H29NO8. The largest absolute Gasteiger partial charge is 0.469 e. The minimum Gasteiger partial charge on any atom is -0.469 e. The Morgan fingerprint density at radius 2 is 1.85 bits per heavy atom. The fourth-order valence-corrected chi connectivity index (χ4v) is 3.07. The highest BCUT2D eigenvalue weighted by Crippen LogP contribution is 2.39. The van der Waals surface area contributed by atoms with Gasteiger partial charge >= 0.3 is 12.1 Å². The van der Waals surface area contributed by atoms with Gasteiger partial charge < -0.3 is 33.7 Å². The quantitative estimate of drug-likeness (QED) is 0.718. The molecule has 0 spiro atoms. The topological polar surface area (TPSA) is 102 Å². The Balaban J connectivity index is 2.14. The van der Waals surface area contributed by atoms with E-state index in [9.17, 15) is 9.59 Å². The molecule has 5 atom stereocenters. The zero-order valence-corrected chi connectivity index (χ0v) is 16.4. The van der Waals surface area contributed by atoms with Gasteiger partial charge in [-0.25, -0.2) is 4.79 Å². The Labute approximate surface area is 153 Å². The zero-order valence-electron chi connectivity index (χ0n) is 16.4. The van der Waals surface area contributed by atoms with Crippen molar-refractivity contribution in [1.29, 1.82) is 0 Å². The Bertz CT molecular complexity index is 529. The van der Waals surface area contributed by atoms with Gasteiger partial charge in [0, 0.05) is 7.11 Å². The van der Waals surface area contributed by atoms with Crippen LogP contribution in [0.1, 0.15) is 41.0 Å². The lowest BCUT2D eigenvalue weighted by molar-refractivity contribution is -0.220. The fraction of sp³-hybridized carbons (Fsp3) is 0.882. The molecule has 2 rings (SSSR count). The number of carbonyl (C=O) groups excluding carboxylic acids is 2. The predicted octanol–water partition coefficient (Wildman–Crippen LogP) is 1.33. The van der Waals surface area contributed by atoms with Crippen LogP contribution in [0.3, 0.4) is 0 Å². The molecule has 2 saturated heterocycles. The molecule has 1 N–H and O–H groups in total. The van der Waals surface area contributed by atoms with Crippen molar-refractivity contribution in [1.82, 2.24) is 5.32 Å². The molecule has 0 aliphatic carbocycles. The van der Waals surface area contributed by atoms with Gasteiger partial charge in [0.15, 0.2) is 12.1 Å². The second-order valence-corrected chi connectivity index (χ2v) is 7.80. The number of carbonyl (C=O) groups is 2. The molecule has 0 bridgehead atoms. The molecule has 9 nitrogen and oxygen atoms in total. The van der Waals surface area contributed by atoms with Crippen molar-refractivity contribution in [2.45, 2.75) is 83.1 Å². The van der Waals surface area contributed by atoms with E-state index in [1.807, 2.05) is 0 Å². The highest BCUT2D eigenvalue weighted by atomic mass is 16.8. The first-order valence-electron chi connectivity index (χ1n) is 8.56. The summed E-state index contributed by atoms with van der Waals surface area (Å²) in [5, 5.41) is 2.68. The minimum absolute atomic E-state index is 0.108. The van der Waals surface area contributed by atoms with Crippen LogP contribution in [0.2, 0.25) is 0 Å². The lowest BCUT2D eigenvalue weighted by Crippen LogP contribution is -2.52. The van der Waals surface area contributed by atoms with Crippen molar-refractivity contribution < 1.29 is 38.0 Å². The van der Waals surface area contributed by atoms with Crippen LogP contribution < -0.4 is 5.32 Å². The first-order valence-corrected chi connectivity index (χ1v) is 8.56. The van der Waals surface area contributed by atoms with E-state index in [1.165, 1.54) is 14.2 Å². The van der Waals surface area contributed by atoms with E-state index in [2.05, 4.69) is 5.32 Å². The number of ether oxygens (including phenoxy) is 6. The molecule has 2 aliphatic rings. The Hall–Kier alpha value is -1.42. The van der Waals surface area contributed by atoms with Crippen molar-refractivity contribution >= 4 is 12.1 Å². The normalized spacial score (nSPS) is 31.2. The van der Waals surface area contributed by atoms with Crippen molar-refractivity contribution in [3.63, 3.8) is 0 Å². The third-order valence-corrected chi connectivity index (χ3v) is 4.01. The number of nitrogens with one attached hydrogen (secondary N) is 1. The number of esters is 1. The van der Waals surface area contributed by atoms with E-state index >= 15 is 0 Å². The molecule has 150 valence electrons. The van der Waals surface area contributed by atoms with Crippen LogP contribution in [-0.4, -0.2) is 68.3 Å². The van der Waals surface area contributed by atoms with Crippen molar-refractivity contribution in [2.24, 2.45) is 0 Å². The molecule has 1 amide bonds. The van der Waals surface area contributed by atoms with Crippen LogP contribution in [0, 0.1) is 0 Å². The maximum absolute atomic E-state index is 12.2. The first-order chi connectivity index (χ1) is 12.0. The molecule has 2 heterocycles. The third kappa shape index (κ3) is 5.06. The summed E-state index contributed by atoms with van der Waals surface area (Å²) in [5.41, 5.74) is -0.677. The number of hydrogen-bond donors (Lipinski definition) is 1. The second kappa shape index (κ2) is 7.67. The van der Waals surface area contributed by atoms with Crippen LogP contribution in [0.25, 0.3) is 0 Å². The summed E-state index contributed by atoms with van der Waals surface area (Å²) in [5.74, 6) is -1.29. The van der Waals surface area contributed by atoms with Crippen molar-refractivity contribution in [3.05, 3.63) is 0 Å². The average Bonchev–Trinajstić information content (AvgIpc) is 2.95. The van der Waals surface area contributed by atoms with E-state index in [-0.39, 0.29) is 6.42 Å². The average molecular weight is 375 g/mol. The maximum atomic E-state index is 12.2. The number of methoxy groups -OCH3 is 2. The Kier molecular flexibility index (Phi) is 6.17. The van der Waals surface area contributed by atoms with E-state index < -0.39 is 54.1 Å². The molecule has 0 aromatic carbocycles. The van der Waals surface area contributed by atoms with Crippen molar-refractivity contribution in [2.75, 3.05) is 14.2 Å². The number of fused-ring (bicyclic) bond motifs is 1. The summed E-state index contributed by atoms with van der Waals surface area (Å²) in [6, 6.07) is -0.733. The number of amides is 1. The summed E-state index contributed by atoms with van der Waals surface area (Å²) in [4.78, 5) is 24.0. The van der Waals surface area contributed by atoms with Crippen LogP contribution in [0.4, 0.5) is 4.79 Å². The maximum Gasteiger partial charge on any atom is 0.407 e. The molecule has 0 radical (unpaired) electrons. The number of hydrogen-bond acceptors (Lipinski definition) is 8. The van der Waals surface area contributed by atoms with Gasteiger partial charge in [-0.15, -0.1) is 0 Å². The van der Waals surface area contributed by atoms with E-state index in [0.29, 0.717) is 0 Å². The van der Waals surface area contributed by atoms with E-state index in [0.717, 1.165) is 0 Å². The molecular weight excluding hydrogens is 346 g/mol. The molecule has 0 saturated carbocycles. The van der Waals surface area contributed by atoms with Gasteiger partial charge in [0.1, 0.15) is 23.9 Å². The monoisotopic (exact) mass is 375 g/mol. The summed E-state index contributed by atoms with van der Waals surface area (Å²) in [6.07, 6.45) is -3.10. The summed E-state index contributed by atoms with van der Waals surface area (Å²) in [6.45, 7) is 8.81. The van der Waals surface area contributed by atoms with Gasteiger partial charge in [-0.1, -0.05) is 0 Å². The Morgan fingerprint density at radius 1 is 1.19 bits per heavy atom.